The maximum Gasteiger partial charge on any atom is 0.161 e. The van der Waals surface area contributed by atoms with Gasteiger partial charge >= 0.3 is 0 Å². The molecule has 0 aromatic heterocycles. The molecule has 0 saturated heterocycles. The van der Waals surface area contributed by atoms with Gasteiger partial charge in [0.15, 0.2) is 6.73 Å². The van der Waals surface area contributed by atoms with E-state index in [0.29, 0.717) is 6.73 Å². The van der Waals surface area contributed by atoms with Crippen LogP contribution in [0.4, 0.5) is 5.69 Å². The van der Waals surface area contributed by atoms with E-state index in [9.17, 15) is 0 Å². The standard InChI is InChI=1S/C22H29NO/c1-21(2,3)17-7-10-19(11-8-17)23-14-16-13-18(22(4,5)6)9-12-20(16)24-15-23/h7-13H,14-15H2,1-6H3. The lowest BCUT2D eigenvalue weighted by molar-refractivity contribution is 0.289. The molecule has 0 atom stereocenters. The van der Waals surface area contributed by atoms with Gasteiger partial charge in [-0.2, -0.15) is 0 Å². The number of hydrogen-bond acceptors (Lipinski definition) is 2. The van der Waals surface area contributed by atoms with Crippen molar-refractivity contribution in [2.45, 2.75) is 58.9 Å². The topological polar surface area (TPSA) is 12.5 Å². The van der Waals surface area contributed by atoms with E-state index in [0.717, 1.165) is 12.3 Å². The van der Waals surface area contributed by atoms with E-state index in [-0.39, 0.29) is 10.8 Å². The monoisotopic (exact) mass is 323 g/mol. The maximum atomic E-state index is 5.98. The average Bonchev–Trinajstić information content (AvgIpc) is 2.52. The highest BCUT2D eigenvalue weighted by atomic mass is 16.5. The van der Waals surface area contributed by atoms with E-state index in [1.165, 1.54) is 22.4 Å². The number of anilines is 1. The SMILES string of the molecule is CC(C)(C)c1ccc(N2COc3ccc(C(C)(C)C)cc3C2)cc1. The lowest BCUT2D eigenvalue weighted by atomic mass is 9.86. The molecular formula is C22H29NO. The van der Waals surface area contributed by atoms with E-state index in [1.54, 1.807) is 0 Å². The van der Waals surface area contributed by atoms with E-state index in [1.807, 2.05) is 0 Å². The maximum absolute atomic E-state index is 5.98. The van der Waals surface area contributed by atoms with Gasteiger partial charge in [-0.05, 0) is 46.2 Å². The zero-order valence-corrected chi connectivity index (χ0v) is 15.8. The molecule has 2 nitrogen and oxygen atoms in total. The number of fused-ring (bicyclic) bond motifs is 1. The number of ether oxygens (including phenoxy) is 1. The Morgan fingerprint density at radius 1 is 0.792 bits per heavy atom. The molecule has 0 bridgehead atoms. The molecule has 1 aliphatic rings. The zero-order chi connectivity index (χ0) is 17.5. The van der Waals surface area contributed by atoms with Gasteiger partial charge in [-0.1, -0.05) is 59.7 Å². The normalized spacial score (nSPS) is 15.0. The molecule has 1 heterocycles. The summed E-state index contributed by atoms with van der Waals surface area (Å²) < 4.78 is 5.98. The van der Waals surface area contributed by atoms with Gasteiger partial charge in [0.25, 0.3) is 0 Å². The van der Waals surface area contributed by atoms with Crippen LogP contribution in [0.2, 0.25) is 0 Å². The lowest BCUT2D eigenvalue weighted by Crippen LogP contribution is -2.32. The Balaban J connectivity index is 1.84. The van der Waals surface area contributed by atoms with Crippen molar-refractivity contribution in [3.05, 3.63) is 59.2 Å². The first-order chi connectivity index (χ1) is 11.1. The summed E-state index contributed by atoms with van der Waals surface area (Å²) in [6, 6.07) is 15.5. The molecule has 0 unspecified atom stereocenters. The van der Waals surface area contributed by atoms with Crippen LogP contribution in [0.25, 0.3) is 0 Å². The number of hydrogen-bond donors (Lipinski definition) is 0. The molecule has 0 amide bonds. The van der Waals surface area contributed by atoms with Gasteiger partial charge in [0, 0.05) is 17.8 Å². The van der Waals surface area contributed by atoms with E-state index in [4.69, 9.17) is 4.74 Å². The highest BCUT2D eigenvalue weighted by molar-refractivity contribution is 5.52. The molecule has 2 aromatic carbocycles. The summed E-state index contributed by atoms with van der Waals surface area (Å²) in [7, 11) is 0. The lowest BCUT2D eigenvalue weighted by Gasteiger charge is -2.32. The van der Waals surface area contributed by atoms with Crippen LogP contribution >= 0.6 is 0 Å². The van der Waals surface area contributed by atoms with Crippen molar-refractivity contribution in [3.63, 3.8) is 0 Å². The summed E-state index contributed by atoms with van der Waals surface area (Å²) in [5, 5.41) is 0. The molecule has 0 spiro atoms. The summed E-state index contributed by atoms with van der Waals surface area (Å²) in [4.78, 5) is 2.29. The minimum atomic E-state index is 0.158. The molecule has 3 rings (SSSR count). The van der Waals surface area contributed by atoms with Gasteiger partial charge < -0.3 is 9.64 Å². The summed E-state index contributed by atoms with van der Waals surface area (Å²) in [6.07, 6.45) is 0. The predicted molar refractivity (Wildman–Crippen MR) is 102 cm³/mol. The van der Waals surface area contributed by atoms with Crippen LogP contribution in [-0.2, 0) is 17.4 Å². The fourth-order valence-electron chi connectivity index (χ4n) is 3.05. The van der Waals surface area contributed by atoms with Crippen molar-refractivity contribution in [2.24, 2.45) is 0 Å². The smallest absolute Gasteiger partial charge is 0.161 e. The minimum absolute atomic E-state index is 0.158. The van der Waals surface area contributed by atoms with Gasteiger partial charge in [-0.15, -0.1) is 0 Å². The molecule has 0 saturated carbocycles. The molecule has 24 heavy (non-hydrogen) atoms. The van der Waals surface area contributed by atoms with Crippen LogP contribution in [0.15, 0.2) is 42.5 Å². The predicted octanol–water partition coefficient (Wildman–Crippen LogP) is 5.64. The molecule has 2 aromatic rings. The van der Waals surface area contributed by atoms with E-state index in [2.05, 4.69) is 88.9 Å². The van der Waals surface area contributed by atoms with Crippen LogP contribution in [0.1, 0.15) is 58.2 Å². The van der Waals surface area contributed by atoms with Crippen molar-refractivity contribution in [2.75, 3.05) is 11.6 Å². The Hall–Kier alpha value is -1.96. The van der Waals surface area contributed by atoms with Crippen molar-refractivity contribution in [3.8, 4) is 5.75 Å². The molecule has 128 valence electrons. The van der Waals surface area contributed by atoms with Gasteiger partial charge in [0.2, 0.25) is 0 Å². The number of benzene rings is 2. The highest BCUT2D eigenvalue weighted by Crippen LogP contribution is 2.33. The summed E-state index contributed by atoms with van der Waals surface area (Å²) in [5.41, 5.74) is 5.55. The van der Waals surface area contributed by atoms with Crippen molar-refractivity contribution < 1.29 is 4.74 Å². The van der Waals surface area contributed by atoms with Crippen LogP contribution in [0.3, 0.4) is 0 Å². The molecule has 0 radical (unpaired) electrons. The van der Waals surface area contributed by atoms with Crippen molar-refractivity contribution in [1.82, 2.24) is 0 Å². The Kier molecular flexibility index (Phi) is 4.11. The number of rotatable bonds is 1. The first-order valence-electron chi connectivity index (χ1n) is 8.76. The van der Waals surface area contributed by atoms with Gasteiger partial charge in [-0.25, -0.2) is 0 Å². The Morgan fingerprint density at radius 2 is 1.38 bits per heavy atom. The molecular weight excluding hydrogens is 294 g/mol. The quantitative estimate of drug-likeness (QED) is 0.673. The van der Waals surface area contributed by atoms with Gasteiger partial charge in [0.05, 0.1) is 0 Å². The second-order valence-corrected chi connectivity index (χ2v) is 8.84. The first kappa shape index (κ1) is 16.9. The fraction of sp³-hybridized carbons (Fsp3) is 0.455. The highest BCUT2D eigenvalue weighted by Gasteiger charge is 2.22. The summed E-state index contributed by atoms with van der Waals surface area (Å²) in [6.45, 7) is 15.0. The summed E-state index contributed by atoms with van der Waals surface area (Å²) >= 11 is 0. The van der Waals surface area contributed by atoms with E-state index >= 15 is 0 Å². The second-order valence-electron chi connectivity index (χ2n) is 8.84. The second kappa shape index (κ2) is 5.84. The van der Waals surface area contributed by atoms with Crippen molar-refractivity contribution >= 4 is 5.69 Å². The average molecular weight is 323 g/mol. The summed E-state index contributed by atoms with van der Waals surface area (Å²) in [5.74, 6) is 1.02. The molecule has 0 aliphatic carbocycles. The third-order valence-electron chi connectivity index (χ3n) is 4.76. The van der Waals surface area contributed by atoms with Crippen LogP contribution in [0, 0.1) is 0 Å². The molecule has 1 aliphatic heterocycles. The minimum Gasteiger partial charge on any atom is -0.473 e. The van der Waals surface area contributed by atoms with E-state index < -0.39 is 0 Å². The fourth-order valence-corrected chi connectivity index (χ4v) is 3.05. The van der Waals surface area contributed by atoms with Crippen molar-refractivity contribution in [1.29, 1.82) is 0 Å². The molecule has 2 heteroatoms. The zero-order valence-electron chi connectivity index (χ0n) is 15.8. The Morgan fingerprint density at radius 3 is 1.96 bits per heavy atom. The largest absolute Gasteiger partial charge is 0.473 e. The van der Waals surface area contributed by atoms with Gasteiger partial charge in [-0.3, -0.25) is 0 Å². The Labute approximate surface area is 146 Å². The first-order valence-corrected chi connectivity index (χ1v) is 8.76. The molecule has 0 fully saturated rings. The Bertz CT molecular complexity index is 717. The van der Waals surface area contributed by atoms with Crippen LogP contribution in [-0.4, -0.2) is 6.73 Å². The number of nitrogens with zero attached hydrogens (tertiary/aromatic N) is 1. The van der Waals surface area contributed by atoms with Gasteiger partial charge in [0.1, 0.15) is 5.75 Å². The third kappa shape index (κ3) is 3.43. The molecule has 0 N–H and O–H groups in total. The van der Waals surface area contributed by atoms with Crippen LogP contribution < -0.4 is 9.64 Å². The van der Waals surface area contributed by atoms with Crippen LogP contribution in [0.5, 0.6) is 5.75 Å². The third-order valence-corrected chi connectivity index (χ3v) is 4.76.